The van der Waals surface area contributed by atoms with Crippen molar-refractivity contribution in [2.75, 3.05) is 45.9 Å². The third-order valence-electron chi connectivity index (χ3n) is 3.83. The standard InChI is InChI=1S/C13H25N3O2/c1-11-10-12(2-3-14-11)13(17)15-4-5-16-6-8-18-9-7-16/h11-12,14H,2-10H2,1H3,(H,15,17)/t11-,12-/m0/s1. The Hall–Kier alpha value is -0.650. The summed E-state index contributed by atoms with van der Waals surface area (Å²) >= 11 is 0. The minimum Gasteiger partial charge on any atom is -0.379 e. The van der Waals surface area contributed by atoms with Crippen LogP contribution in [-0.4, -0.2) is 62.8 Å². The van der Waals surface area contributed by atoms with Crippen LogP contribution >= 0.6 is 0 Å². The highest BCUT2D eigenvalue weighted by atomic mass is 16.5. The first kappa shape index (κ1) is 13.8. The molecule has 0 spiro atoms. The maximum absolute atomic E-state index is 12.0. The third kappa shape index (κ3) is 4.23. The lowest BCUT2D eigenvalue weighted by atomic mass is 9.92. The molecule has 2 aliphatic rings. The molecule has 0 bridgehead atoms. The van der Waals surface area contributed by atoms with Crippen molar-refractivity contribution in [1.82, 2.24) is 15.5 Å². The molecule has 2 heterocycles. The Balaban J connectivity index is 1.61. The van der Waals surface area contributed by atoms with E-state index in [2.05, 4.69) is 22.5 Å². The molecule has 0 aromatic rings. The van der Waals surface area contributed by atoms with Crippen LogP contribution in [0.4, 0.5) is 0 Å². The topological polar surface area (TPSA) is 53.6 Å². The van der Waals surface area contributed by atoms with Crippen molar-refractivity contribution >= 4 is 5.91 Å². The molecule has 1 amide bonds. The van der Waals surface area contributed by atoms with Crippen LogP contribution in [0, 0.1) is 5.92 Å². The molecule has 18 heavy (non-hydrogen) atoms. The number of nitrogens with one attached hydrogen (secondary N) is 2. The molecule has 104 valence electrons. The molecule has 0 aromatic carbocycles. The maximum Gasteiger partial charge on any atom is 0.223 e. The number of ether oxygens (including phenoxy) is 1. The van der Waals surface area contributed by atoms with E-state index in [4.69, 9.17) is 4.74 Å². The van der Waals surface area contributed by atoms with Gasteiger partial charge in [0.2, 0.25) is 5.91 Å². The van der Waals surface area contributed by atoms with Gasteiger partial charge in [0, 0.05) is 38.1 Å². The zero-order valence-corrected chi connectivity index (χ0v) is 11.3. The van der Waals surface area contributed by atoms with Gasteiger partial charge in [-0.15, -0.1) is 0 Å². The van der Waals surface area contributed by atoms with Gasteiger partial charge >= 0.3 is 0 Å². The summed E-state index contributed by atoms with van der Waals surface area (Å²) in [4.78, 5) is 14.3. The van der Waals surface area contributed by atoms with Crippen molar-refractivity contribution in [2.24, 2.45) is 5.92 Å². The predicted molar refractivity (Wildman–Crippen MR) is 70.5 cm³/mol. The normalized spacial score (nSPS) is 30.1. The Morgan fingerprint density at radius 3 is 2.94 bits per heavy atom. The van der Waals surface area contributed by atoms with Gasteiger partial charge in [-0.25, -0.2) is 0 Å². The minimum atomic E-state index is 0.200. The molecule has 2 aliphatic heterocycles. The van der Waals surface area contributed by atoms with E-state index in [0.29, 0.717) is 6.04 Å². The largest absolute Gasteiger partial charge is 0.379 e. The second kappa shape index (κ2) is 7.07. The Morgan fingerprint density at radius 2 is 2.22 bits per heavy atom. The van der Waals surface area contributed by atoms with Gasteiger partial charge in [0.15, 0.2) is 0 Å². The molecular weight excluding hydrogens is 230 g/mol. The lowest BCUT2D eigenvalue weighted by Crippen LogP contribution is -2.45. The van der Waals surface area contributed by atoms with Crippen LogP contribution in [0.25, 0.3) is 0 Å². The van der Waals surface area contributed by atoms with Gasteiger partial charge in [0.1, 0.15) is 0 Å². The molecule has 2 fully saturated rings. The summed E-state index contributed by atoms with van der Waals surface area (Å²) < 4.78 is 5.30. The molecule has 0 unspecified atom stereocenters. The van der Waals surface area contributed by atoms with Gasteiger partial charge in [-0.3, -0.25) is 9.69 Å². The number of hydrogen-bond acceptors (Lipinski definition) is 4. The molecular formula is C13H25N3O2. The van der Waals surface area contributed by atoms with E-state index in [9.17, 15) is 4.79 Å². The zero-order chi connectivity index (χ0) is 12.8. The number of carbonyl (C=O) groups is 1. The molecule has 0 aliphatic carbocycles. The van der Waals surface area contributed by atoms with E-state index >= 15 is 0 Å². The average molecular weight is 255 g/mol. The van der Waals surface area contributed by atoms with Crippen molar-refractivity contribution in [1.29, 1.82) is 0 Å². The van der Waals surface area contributed by atoms with Crippen molar-refractivity contribution in [2.45, 2.75) is 25.8 Å². The van der Waals surface area contributed by atoms with Gasteiger partial charge in [-0.2, -0.15) is 0 Å². The summed E-state index contributed by atoms with van der Waals surface area (Å²) in [6.45, 7) is 8.42. The molecule has 5 nitrogen and oxygen atoms in total. The SMILES string of the molecule is C[C@H]1C[C@@H](C(=O)NCCN2CCOCC2)CCN1. The quantitative estimate of drug-likeness (QED) is 0.732. The van der Waals surface area contributed by atoms with Gasteiger partial charge in [0.05, 0.1) is 13.2 Å². The second-order valence-corrected chi connectivity index (χ2v) is 5.32. The monoisotopic (exact) mass is 255 g/mol. The number of hydrogen-bond donors (Lipinski definition) is 2. The molecule has 5 heteroatoms. The fourth-order valence-electron chi connectivity index (χ4n) is 2.68. The first-order valence-corrected chi connectivity index (χ1v) is 7.07. The Labute approximate surface area is 109 Å². The zero-order valence-electron chi connectivity index (χ0n) is 11.3. The number of piperidine rings is 1. The fourth-order valence-corrected chi connectivity index (χ4v) is 2.68. The molecule has 0 saturated carbocycles. The van der Waals surface area contributed by atoms with E-state index in [0.717, 1.165) is 58.8 Å². The summed E-state index contributed by atoms with van der Waals surface area (Å²) in [5.74, 6) is 0.433. The summed E-state index contributed by atoms with van der Waals surface area (Å²) in [6.07, 6.45) is 1.93. The van der Waals surface area contributed by atoms with Crippen LogP contribution in [0.15, 0.2) is 0 Å². The smallest absolute Gasteiger partial charge is 0.223 e. The molecule has 2 N–H and O–H groups in total. The van der Waals surface area contributed by atoms with Crippen LogP contribution < -0.4 is 10.6 Å². The van der Waals surface area contributed by atoms with Gasteiger partial charge in [0.25, 0.3) is 0 Å². The predicted octanol–water partition coefficient (Wildman–Crippen LogP) is -0.177. The average Bonchev–Trinajstić information content (AvgIpc) is 2.40. The number of morpholine rings is 1. The lowest BCUT2D eigenvalue weighted by molar-refractivity contribution is -0.126. The summed E-state index contributed by atoms with van der Waals surface area (Å²) in [5.41, 5.74) is 0. The number of amides is 1. The molecule has 2 atom stereocenters. The fraction of sp³-hybridized carbons (Fsp3) is 0.923. The number of carbonyl (C=O) groups excluding carboxylic acids is 1. The minimum absolute atomic E-state index is 0.200. The Bertz CT molecular complexity index is 267. The van der Waals surface area contributed by atoms with Crippen LogP contribution in [-0.2, 0) is 9.53 Å². The van der Waals surface area contributed by atoms with E-state index in [1.54, 1.807) is 0 Å². The first-order chi connectivity index (χ1) is 8.75. The van der Waals surface area contributed by atoms with E-state index < -0.39 is 0 Å². The van der Waals surface area contributed by atoms with E-state index in [1.807, 2.05) is 0 Å². The van der Waals surface area contributed by atoms with Crippen molar-refractivity contribution in [3.63, 3.8) is 0 Å². The van der Waals surface area contributed by atoms with Gasteiger partial charge in [-0.1, -0.05) is 0 Å². The highest BCUT2D eigenvalue weighted by molar-refractivity contribution is 5.78. The van der Waals surface area contributed by atoms with E-state index in [1.165, 1.54) is 0 Å². The van der Waals surface area contributed by atoms with E-state index in [-0.39, 0.29) is 11.8 Å². The maximum atomic E-state index is 12.0. The van der Waals surface area contributed by atoms with Gasteiger partial charge < -0.3 is 15.4 Å². The molecule has 2 saturated heterocycles. The molecule has 0 radical (unpaired) electrons. The van der Waals surface area contributed by atoms with Crippen LogP contribution in [0.2, 0.25) is 0 Å². The number of nitrogens with zero attached hydrogens (tertiary/aromatic N) is 1. The van der Waals surface area contributed by atoms with Crippen LogP contribution in [0.3, 0.4) is 0 Å². The summed E-state index contributed by atoms with van der Waals surface area (Å²) in [5, 5.41) is 6.44. The highest BCUT2D eigenvalue weighted by Crippen LogP contribution is 2.15. The first-order valence-electron chi connectivity index (χ1n) is 7.07. The van der Waals surface area contributed by atoms with Gasteiger partial charge in [-0.05, 0) is 26.3 Å². The van der Waals surface area contributed by atoms with Crippen molar-refractivity contribution in [3.05, 3.63) is 0 Å². The lowest BCUT2D eigenvalue weighted by Gasteiger charge is -2.29. The number of rotatable bonds is 4. The molecule has 0 aromatic heterocycles. The second-order valence-electron chi connectivity index (χ2n) is 5.32. The van der Waals surface area contributed by atoms with Crippen molar-refractivity contribution < 1.29 is 9.53 Å². The highest BCUT2D eigenvalue weighted by Gasteiger charge is 2.24. The Kier molecular flexibility index (Phi) is 5.41. The summed E-state index contributed by atoms with van der Waals surface area (Å²) in [6, 6.07) is 0.466. The van der Waals surface area contributed by atoms with Crippen LogP contribution in [0.5, 0.6) is 0 Å². The third-order valence-corrected chi connectivity index (χ3v) is 3.83. The Morgan fingerprint density at radius 1 is 1.44 bits per heavy atom. The summed E-state index contributed by atoms with van der Waals surface area (Å²) in [7, 11) is 0. The molecule has 2 rings (SSSR count). The van der Waals surface area contributed by atoms with Crippen molar-refractivity contribution in [3.8, 4) is 0 Å². The van der Waals surface area contributed by atoms with Crippen LogP contribution in [0.1, 0.15) is 19.8 Å².